The molecule has 0 spiro atoms. The molecule has 10 aromatic carbocycles. The number of nitrogens with zero attached hydrogens (tertiary/aromatic N) is 1. The first kappa shape index (κ1) is 38.0. The number of hydrogen-bond acceptors (Lipinski definition) is 2. The second kappa shape index (κ2) is 16.5. The van der Waals surface area contributed by atoms with Crippen LogP contribution in [0.15, 0.2) is 265 Å². The minimum atomic E-state index is -2.61. The minimum absolute atomic E-state index is 0.905. The van der Waals surface area contributed by atoms with Gasteiger partial charge in [0.05, 0.1) is 0 Å². The number of hydrogen-bond donors (Lipinski definition) is 0. The molecule has 0 aliphatic rings. The number of anilines is 3. The third-order valence-electron chi connectivity index (χ3n) is 12.5. The van der Waals surface area contributed by atoms with Crippen molar-refractivity contribution in [2.45, 2.75) is 0 Å². The van der Waals surface area contributed by atoms with Gasteiger partial charge in [-0.2, -0.15) is 0 Å². The topological polar surface area (TPSA) is 16.4 Å². The summed E-state index contributed by atoms with van der Waals surface area (Å²) >= 11 is 0. The Hall–Kier alpha value is -7.98. The van der Waals surface area contributed by atoms with Gasteiger partial charge in [0.2, 0.25) is 0 Å². The fourth-order valence-corrected chi connectivity index (χ4v) is 14.2. The summed E-state index contributed by atoms with van der Waals surface area (Å²) in [6.45, 7) is 0. The van der Waals surface area contributed by atoms with Crippen LogP contribution in [-0.4, -0.2) is 8.07 Å². The van der Waals surface area contributed by atoms with Crippen LogP contribution in [0.25, 0.3) is 55.3 Å². The summed E-state index contributed by atoms with van der Waals surface area (Å²) < 4.78 is 6.42. The smallest absolute Gasteiger partial charge is 0.179 e. The SMILES string of the molecule is c1ccc(-c2ccc(N(c3ccc(-c4ccc([Si](c5ccccc5)(c5ccccc5)c5ccccc5)cc4)cc3)c3ccc(-c4cccc5c4oc4ccccc45)cc3)cc2)cc1. The van der Waals surface area contributed by atoms with E-state index in [0.717, 1.165) is 50.1 Å². The van der Waals surface area contributed by atoms with Crippen molar-refractivity contribution in [1.29, 1.82) is 0 Å². The van der Waals surface area contributed by atoms with Gasteiger partial charge in [-0.25, -0.2) is 0 Å². The molecule has 1 heterocycles. The molecule has 0 unspecified atom stereocenters. The molecule has 298 valence electrons. The number of benzene rings is 10. The van der Waals surface area contributed by atoms with E-state index >= 15 is 0 Å². The minimum Gasteiger partial charge on any atom is -0.455 e. The van der Waals surface area contributed by atoms with Gasteiger partial charge >= 0.3 is 0 Å². The zero-order valence-electron chi connectivity index (χ0n) is 34.7. The van der Waals surface area contributed by atoms with E-state index in [-0.39, 0.29) is 0 Å². The highest BCUT2D eigenvalue weighted by atomic mass is 28.3. The monoisotopic (exact) mass is 821 g/mol. The third-order valence-corrected chi connectivity index (χ3v) is 17.3. The largest absolute Gasteiger partial charge is 0.455 e. The van der Waals surface area contributed by atoms with Crippen molar-refractivity contribution in [1.82, 2.24) is 0 Å². The fraction of sp³-hybridized carbons (Fsp3) is 0. The van der Waals surface area contributed by atoms with E-state index in [1.165, 1.54) is 43.0 Å². The van der Waals surface area contributed by atoms with E-state index in [9.17, 15) is 0 Å². The van der Waals surface area contributed by atoms with Gasteiger partial charge in [-0.3, -0.25) is 0 Å². The van der Waals surface area contributed by atoms with Gasteiger partial charge in [0, 0.05) is 33.4 Å². The van der Waals surface area contributed by atoms with Gasteiger partial charge in [-0.1, -0.05) is 218 Å². The second-order valence-electron chi connectivity index (χ2n) is 16.0. The Kier molecular flexibility index (Phi) is 9.93. The molecule has 0 saturated heterocycles. The lowest BCUT2D eigenvalue weighted by Gasteiger charge is -2.34. The molecule has 0 aliphatic carbocycles. The summed E-state index contributed by atoms with van der Waals surface area (Å²) in [5.74, 6) is 0. The van der Waals surface area contributed by atoms with Crippen molar-refractivity contribution in [2.24, 2.45) is 0 Å². The Balaban J connectivity index is 0.961. The van der Waals surface area contributed by atoms with Crippen LogP contribution in [0, 0.1) is 0 Å². The lowest BCUT2D eigenvalue weighted by Crippen LogP contribution is -2.74. The normalized spacial score (nSPS) is 11.5. The number of fused-ring (bicyclic) bond motifs is 3. The first-order valence-corrected chi connectivity index (χ1v) is 23.6. The van der Waals surface area contributed by atoms with Gasteiger partial charge in [-0.05, 0) is 91.0 Å². The maximum atomic E-state index is 6.42. The molecular formula is C60H43NOSi. The average molecular weight is 822 g/mol. The highest BCUT2D eigenvalue weighted by molar-refractivity contribution is 7.19. The lowest BCUT2D eigenvalue weighted by molar-refractivity contribution is 0.670. The first-order chi connectivity index (χ1) is 31.2. The zero-order valence-corrected chi connectivity index (χ0v) is 35.7. The zero-order chi connectivity index (χ0) is 42.0. The maximum absolute atomic E-state index is 6.42. The summed E-state index contributed by atoms with van der Waals surface area (Å²) in [6, 6.07) is 94.6. The third kappa shape index (κ3) is 6.95. The van der Waals surface area contributed by atoms with Crippen LogP contribution in [0.2, 0.25) is 0 Å². The molecule has 0 amide bonds. The summed E-state index contributed by atoms with van der Waals surface area (Å²) in [4.78, 5) is 2.34. The van der Waals surface area contributed by atoms with Gasteiger partial charge in [0.1, 0.15) is 11.2 Å². The van der Waals surface area contributed by atoms with E-state index in [4.69, 9.17) is 4.42 Å². The first-order valence-electron chi connectivity index (χ1n) is 21.6. The molecule has 63 heavy (non-hydrogen) atoms. The van der Waals surface area contributed by atoms with Crippen LogP contribution in [0.3, 0.4) is 0 Å². The van der Waals surface area contributed by atoms with Crippen LogP contribution in [0.1, 0.15) is 0 Å². The Bertz CT molecular complexity index is 3180. The van der Waals surface area contributed by atoms with Crippen LogP contribution < -0.4 is 25.6 Å². The van der Waals surface area contributed by atoms with Crippen LogP contribution in [0.4, 0.5) is 17.1 Å². The fourth-order valence-electron chi connectivity index (χ4n) is 9.43. The second-order valence-corrected chi connectivity index (χ2v) is 19.9. The maximum Gasteiger partial charge on any atom is 0.179 e. The molecule has 0 radical (unpaired) electrons. The molecule has 0 saturated carbocycles. The number of rotatable bonds is 10. The molecule has 0 aliphatic heterocycles. The summed E-state index contributed by atoms with van der Waals surface area (Å²) in [5, 5.41) is 7.74. The number of furan rings is 1. The Morgan fingerprint density at radius 2 is 0.635 bits per heavy atom. The van der Waals surface area contributed by atoms with Crippen molar-refractivity contribution in [3.05, 3.63) is 261 Å². The molecule has 2 nitrogen and oxygen atoms in total. The van der Waals surface area contributed by atoms with Crippen LogP contribution in [0.5, 0.6) is 0 Å². The molecule has 0 N–H and O–H groups in total. The molecule has 11 aromatic rings. The van der Waals surface area contributed by atoms with E-state index in [0.29, 0.717) is 0 Å². The van der Waals surface area contributed by atoms with Crippen molar-refractivity contribution in [3.63, 3.8) is 0 Å². The standard InChI is InChI=1S/C60H43NOSi/c1-5-16-44(17-6-1)45-28-36-49(37-29-45)61(51-40-32-48(33-41-51)56-25-15-26-58-57-24-13-14-27-59(57)62-60(56)58)50-38-30-46(31-39-50)47-34-42-55(43-35-47)63(52-18-7-2-8-19-52,53-20-9-3-10-21-53)54-22-11-4-12-23-54/h1-43H. The number of para-hydroxylation sites is 2. The predicted molar refractivity (Wildman–Crippen MR) is 268 cm³/mol. The predicted octanol–water partition coefficient (Wildman–Crippen LogP) is 13.4. The summed E-state index contributed by atoms with van der Waals surface area (Å²) in [7, 11) is -2.61. The van der Waals surface area contributed by atoms with Gasteiger partial charge in [0.15, 0.2) is 8.07 Å². The molecule has 0 atom stereocenters. The molecule has 0 bridgehead atoms. The van der Waals surface area contributed by atoms with E-state index in [1.54, 1.807) is 0 Å². The van der Waals surface area contributed by atoms with Gasteiger partial charge < -0.3 is 9.32 Å². The summed E-state index contributed by atoms with van der Waals surface area (Å²) in [5.41, 5.74) is 12.0. The van der Waals surface area contributed by atoms with Crippen LogP contribution in [-0.2, 0) is 0 Å². The van der Waals surface area contributed by atoms with Crippen molar-refractivity contribution < 1.29 is 4.42 Å². The van der Waals surface area contributed by atoms with Gasteiger partial charge in [0.25, 0.3) is 0 Å². The van der Waals surface area contributed by atoms with Crippen LogP contribution >= 0.6 is 0 Å². The molecular weight excluding hydrogens is 779 g/mol. The quantitative estimate of drug-likeness (QED) is 0.101. The van der Waals surface area contributed by atoms with E-state index in [1.807, 2.05) is 12.1 Å². The Morgan fingerprint density at radius 1 is 0.270 bits per heavy atom. The van der Waals surface area contributed by atoms with E-state index in [2.05, 4.69) is 254 Å². The highest BCUT2D eigenvalue weighted by Gasteiger charge is 2.41. The Labute approximate surface area is 369 Å². The van der Waals surface area contributed by atoms with Crippen molar-refractivity contribution in [2.75, 3.05) is 4.90 Å². The molecule has 3 heteroatoms. The summed E-state index contributed by atoms with van der Waals surface area (Å²) in [6.07, 6.45) is 0. The lowest BCUT2D eigenvalue weighted by atomic mass is 10.0. The molecule has 11 rings (SSSR count). The highest BCUT2D eigenvalue weighted by Crippen LogP contribution is 2.40. The van der Waals surface area contributed by atoms with Crippen molar-refractivity contribution in [3.8, 4) is 33.4 Å². The van der Waals surface area contributed by atoms with Gasteiger partial charge in [-0.15, -0.1) is 0 Å². The van der Waals surface area contributed by atoms with Crippen molar-refractivity contribution >= 4 is 67.8 Å². The molecule has 1 aromatic heterocycles. The average Bonchev–Trinajstić information content (AvgIpc) is 3.76. The molecule has 0 fully saturated rings. The Morgan fingerprint density at radius 3 is 1.13 bits per heavy atom. The van der Waals surface area contributed by atoms with E-state index < -0.39 is 8.07 Å².